The van der Waals surface area contributed by atoms with Crippen LogP contribution in [0.5, 0.6) is 0 Å². The molecule has 4 rings (SSSR count). The maximum absolute atomic E-state index is 12.2. The fraction of sp³-hybridized carbons (Fsp3) is 0.524. The van der Waals surface area contributed by atoms with E-state index in [1.54, 1.807) is 0 Å². The molecule has 2 fully saturated rings. The van der Waals surface area contributed by atoms with Crippen molar-refractivity contribution < 1.29 is 13.9 Å². The second kappa shape index (κ2) is 6.66. The van der Waals surface area contributed by atoms with Crippen LogP contribution in [0, 0.1) is 17.8 Å². The van der Waals surface area contributed by atoms with E-state index >= 15 is 0 Å². The Hall–Kier alpha value is -2.10. The maximum Gasteiger partial charge on any atom is 0.336 e. The lowest BCUT2D eigenvalue weighted by molar-refractivity contribution is -0.146. The summed E-state index contributed by atoms with van der Waals surface area (Å²) < 4.78 is 10.8. The van der Waals surface area contributed by atoms with Crippen LogP contribution in [-0.4, -0.2) is 5.97 Å². The molecule has 0 unspecified atom stereocenters. The normalized spacial score (nSPS) is 24.8. The van der Waals surface area contributed by atoms with Crippen LogP contribution < -0.4 is 5.63 Å². The van der Waals surface area contributed by atoms with Crippen molar-refractivity contribution in [3.05, 3.63) is 45.8 Å². The Bertz CT molecular complexity index is 851. The van der Waals surface area contributed by atoms with Crippen LogP contribution in [0.15, 0.2) is 33.5 Å². The topological polar surface area (TPSA) is 56.5 Å². The van der Waals surface area contributed by atoms with Gasteiger partial charge in [0.05, 0.1) is 0 Å². The lowest BCUT2D eigenvalue weighted by atomic mass is 9.86. The molecule has 2 bridgehead atoms. The van der Waals surface area contributed by atoms with Crippen LogP contribution in [0.2, 0.25) is 0 Å². The van der Waals surface area contributed by atoms with E-state index in [9.17, 15) is 9.59 Å². The molecule has 0 spiro atoms. The Morgan fingerprint density at radius 2 is 2.12 bits per heavy atom. The third-order valence-electron chi connectivity index (χ3n) is 6.00. The summed E-state index contributed by atoms with van der Waals surface area (Å²) in [4.78, 5) is 24.1. The SMILES string of the molecule is CCc1ccc2c(COC(=O)C[C@@H]3C[C@H]4CC[C@@H]3C4)cc(=O)oc2c1. The highest BCUT2D eigenvalue weighted by molar-refractivity contribution is 5.81. The molecule has 2 aromatic rings. The minimum atomic E-state index is -0.403. The first kappa shape index (κ1) is 16.4. The molecule has 0 radical (unpaired) electrons. The Morgan fingerprint density at radius 1 is 1.24 bits per heavy atom. The van der Waals surface area contributed by atoms with Crippen molar-refractivity contribution in [3.8, 4) is 0 Å². The average Bonchev–Trinajstić information content (AvgIpc) is 3.21. The third kappa shape index (κ3) is 3.35. The number of esters is 1. The first-order valence-electron chi connectivity index (χ1n) is 9.33. The molecular formula is C21H24O4. The van der Waals surface area contributed by atoms with Gasteiger partial charge in [-0.3, -0.25) is 4.79 Å². The second-order valence-electron chi connectivity index (χ2n) is 7.57. The van der Waals surface area contributed by atoms with Crippen LogP contribution >= 0.6 is 0 Å². The Kier molecular flexibility index (Phi) is 4.36. The summed E-state index contributed by atoms with van der Waals surface area (Å²) in [5.41, 5.74) is 1.99. The van der Waals surface area contributed by atoms with Gasteiger partial charge in [-0.1, -0.05) is 25.5 Å². The van der Waals surface area contributed by atoms with Gasteiger partial charge in [-0.2, -0.15) is 0 Å². The lowest BCUT2D eigenvalue weighted by Gasteiger charge is -2.20. The quantitative estimate of drug-likeness (QED) is 0.604. The molecule has 132 valence electrons. The van der Waals surface area contributed by atoms with Gasteiger partial charge in [0.25, 0.3) is 0 Å². The summed E-state index contributed by atoms with van der Waals surface area (Å²) in [6, 6.07) is 7.27. The molecule has 1 aromatic carbocycles. The van der Waals surface area contributed by atoms with Crippen molar-refractivity contribution in [2.24, 2.45) is 17.8 Å². The minimum absolute atomic E-state index is 0.132. The number of hydrogen-bond donors (Lipinski definition) is 0. The summed E-state index contributed by atoms with van der Waals surface area (Å²) in [7, 11) is 0. The molecule has 25 heavy (non-hydrogen) atoms. The highest BCUT2D eigenvalue weighted by Gasteiger charge is 2.40. The van der Waals surface area contributed by atoms with Crippen molar-refractivity contribution in [1.29, 1.82) is 0 Å². The van der Waals surface area contributed by atoms with Gasteiger partial charge in [0, 0.05) is 23.4 Å². The molecule has 0 aliphatic heterocycles. The summed E-state index contributed by atoms with van der Waals surface area (Å²) in [6.07, 6.45) is 6.47. The third-order valence-corrected chi connectivity index (χ3v) is 6.00. The molecule has 3 atom stereocenters. The highest BCUT2D eigenvalue weighted by Crippen LogP contribution is 2.49. The number of rotatable bonds is 5. The van der Waals surface area contributed by atoms with Crippen molar-refractivity contribution in [1.82, 2.24) is 0 Å². The lowest BCUT2D eigenvalue weighted by Crippen LogP contribution is -2.17. The number of hydrogen-bond acceptors (Lipinski definition) is 4. The zero-order valence-corrected chi connectivity index (χ0v) is 14.6. The maximum atomic E-state index is 12.2. The van der Waals surface area contributed by atoms with Crippen molar-refractivity contribution in [2.45, 2.75) is 52.1 Å². The molecule has 2 aliphatic carbocycles. The Labute approximate surface area is 147 Å². The van der Waals surface area contributed by atoms with Crippen molar-refractivity contribution in [2.75, 3.05) is 0 Å². The van der Waals surface area contributed by atoms with Crippen molar-refractivity contribution in [3.63, 3.8) is 0 Å². The molecule has 2 saturated carbocycles. The molecule has 0 saturated heterocycles. The number of carbonyl (C=O) groups excluding carboxylic acids is 1. The van der Waals surface area contributed by atoms with Crippen LogP contribution in [-0.2, 0) is 22.6 Å². The Balaban J connectivity index is 1.45. The zero-order valence-electron chi connectivity index (χ0n) is 14.6. The van der Waals surface area contributed by atoms with E-state index in [1.165, 1.54) is 31.7 Å². The average molecular weight is 340 g/mol. The number of fused-ring (bicyclic) bond motifs is 3. The number of carbonyl (C=O) groups is 1. The first-order valence-corrected chi connectivity index (χ1v) is 9.33. The molecule has 4 nitrogen and oxygen atoms in total. The summed E-state index contributed by atoms with van der Waals surface area (Å²) in [6.45, 7) is 2.19. The fourth-order valence-electron chi connectivity index (χ4n) is 4.67. The Morgan fingerprint density at radius 3 is 2.84 bits per heavy atom. The van der Waals surface area contributed by atoms with Gasteiger partial charge in [-0.25, -0.2) is 4.79 Å². The van der Waals surface area contributed by atoms with Gasteiger partial charge < -0.3 is 9.15 Å². The van der Waals surface area contributed by atoms with E-state index in [0.717, 1.165) is 34.8 Å². The zero-order chi connectivity index (χ0) is 17.4. The van der Waals surface area contributed by atoms with Crippen LogP contribution in [0.1, 0.15) is 50.2 Å². The molecule has 1 aromatic heterocycles. The first-order chi connectivity index (χ1) is 12.1. The molecule has 0 amide bonds. The van der Waals surface area contributed by atoms with Gasteiger partial charge in [0.15, 0.2) is 0 Å². The smallest absolute Gasteiger partial charge is 0.336 e. The summed E-state index contributed by atoms with van der Waals surface area (Å²) in [5, 5.41) is 0.838. The predicted molar refractivity (Wildman–Crippen MR) is 95.2 cm³/mol. The van der Waals surface area contributed by atoms with Gasteiger partial charge >= 0.3 is 11.6 Å². The largest absolute Gasteiger partial charge is 0.461 e. The minimum Gasteiger partial charge on any atom is -0.461 e. The number of ether oxygens (including phenoxy) is 1. The molecule has 0 N–H and O–H groups in total. The van der Waals surface area contributed by atoms with Gasteiger partial charge in [0.2, 0.25) is 0 Å². The number of aryl methyl sites for hydroxylation is 1. The van der Waals surface area contributed by atoms with Crippen LogP contribution in [0.25, 0.3) is 11.0 Å². The molecule has 4 heteroatoms. The van der Waals surface area contributed by atoms with Gasteiger partial charge in [-0.15, -0.1) is 0 Å². The van der Waals surface area contributed by atoms with E-state index in [0.29, 0.717) is 17.9 Å². The van der Waals surface area contributed by atoms with Gasteiger partial charge in [0.1, 0.15) is 12.2 Å². The van der Waals surface area contributed by atoms with E-state index in [2.05, 4.69) is 6.92 Å². The van der Waals surface area contributed by atoms with E-state index < -0.39 is 5.63 Å². The summed E-state index contributed by atoms with van der Waals surface area (Å²) in [5.74, 6) is 1.90. The fourth-order valence-corrected chi connectivity index (χ4v) is 4.67. The molecule has 1 heterocycles. The predicted octanol–water partition coefficient (Wildman–Crippen LogP) is 4.22. The number of benzene rings is 1. The standard InChI is InChI=1S/C21H24O4/c1-2-13-4-6-18-17(11-21(23)25-19(18)9-13)12-24-20(22)10-16-8-14-3-5-15(16)7-14/h4,6,9,11,14-16H,2-3,5,7-8,10,12H2,1H3/t14-,15+,16-/m0/s1. The summed E-state index contributed by atoms with van der Waals surface area (Å²) >= 11 is 0. The van der Waals surface area contributed by atoms with Crippen LogP contribution in [0.4, 0.5) is 0 Å². The monoisotopic (exact) mass is 340 g/mol. The van der Waals surface area contributed by atoms with Gasteiger partial charge in [-0.05, 0) is 55.1 Å². The molecular weight excluding hydrogens is 316 g/mol. The molecule has 2 aliphatic rings. The second-order valence-corrected chi connectivity index (χ2v) is 7.57. The van der Waals surface area contributed by atoms with E-state index in [1.807, 2.05) is 18.2 Å². The van der Waals surface area contributed by atoms with E-state index in [4.69, 9.17) is 9.15 Å². The van der Waals surface area contributed by atoms with Crippen LogP contribution in [0.3, 0.4) is 0 Å². The van der Waals surface area contributed by atoms with E-state index in [-0.39, 0.29) is 12.6 Å². The van der Waals surface area contributed by atoms with Crippen molar-refractivity contribution >= 4 is 16.9 Å². The highest BCUT2D eigenvalue weighted by atomic mass is 16.5.